The van der Waals surface area contributed by atoms with E-state index < -0.39 is 42.2 Å². The molecule has 0 bridgehead atoms. The maximum absolute atomic E-state index is 11.3. The number of sulfonamides is 1. The van der Waals surface area contributed by atoms with Gasteiger partial charge in [0.25, 0.3) is 0 Å². The molecule has 0 aromatic carbocycles. The van der Waals surface area contributed by atoms with Gasteiger partial charge in [-0.2, -0.15) is 0 Å². The topological polar surface area (TPSA) is 107 Å². The summed E-state index contributed by atoms with van der Waals surface area (Å²) in [4.78, 5) is 10.1. The molecule has 7 nitrogen and oxygen atoms in total. The highest BCUT2D eigenvalue weighted by Crippen LogP contribution is 2.01. The van der Waals surface area contributed by atoms with E-state index in [1.54, 1.807) is 0 Å². The van der Waals surface area contributed by atoms with Gasteiger partial charge in [-0.25, -0.2) is 21.6 Å². The van der Waals surface area contributed by atoms with Crippen LogP contribution in [0.25, 0.3) is 0 Å². The van der Waals surface area contributed by atoms with Crippen molar-refractivity contribution < 1.29 is 26.4 Å². The van der Waals surface area contributed by atoms with Gasteiger partial charge in [-0.15, -0.1) is 0 Å². The molecule has 102 valence electrons. The Kier molecular flexibility index (Phi) is 6.59. The molecule has 0 aliphatic heterocycles. The van der Waals surface area contributed by atoms with E-state index in [-0.39, 0.29) is 6.54 Å². The molecule has 1 atom stereocenters. The summed E-state index contributed by atoms with van der Waals surface area (Å²) in [5, 5.41) is 0. The Morgan fingerprint density at radius 1 is 1.29 bits per heavy atom. The van der Waals surface area contributed by atoms with Gasteiger partial charge in [0.15, 0.2) is 0 Å². The number of rotatable bonds is 7. The van der Waals surface area contributed by atoms with Gasteiger partial charge >= 0.3 is 5.97 Å². The van der Waals surface area contributed by atoms with Crippen molar-refractivity contribution in [1.29, 1.82) is 0 Å². The number of nitrogens with one attached hydrogen (secondary N) is 1. The third-order valence-corrected chi connectivity index (χ3v) is 4.91. The Bertz CT molecular complexity index is 457. The number of sulfone groups is 1. The van der Waals surface area contributed by atoms with Crippen LogP contribution in [0.3, 0.4) is 0 Å². The molecule has 0 saturated carbocycles. The van der Waals surface area contributed by atoms with E-state index in [2.05, 4.69) is 25.4 Å². The van der Waals surface area contributed by atoms with Crippen molar-refractivity contribution >= 4 is 41.8 Å². The number of hydrogen-bond acceptors (Lipinski definition) is 6. The molecular formula is C7H14BrNO6S2. The number of ether oxygens (including phenoxy) is 1. The molecule has 0 aromatic heterocycles. The van der Waals surface area contributed by atoms with E-state index in [4.69, 9.17) is 0 Å². The minimum atomic E-state index is -3.72. The maximum Gasteiger partial charge on any atom is 0.320 e. The molecule has 0 spiro atoms. The fourth-order valence-electron chi connectivity index (χ4n) is 0.745. The predicted octanol–water partition coefficient (Wildman–Crippen LogP) is -1.11. The Labute approximate surface area is 109 Å². The van der Waals surface area contributed by atoms with Crippen LogP contribution in [0.15, 0.2) is 0 Å². The van der Waals surface area contributed by atoms with E-state index in [0.717, 1.165) is 6.26 Å². The van der Waals surface area contributed by atoms with Crippen molar-refractivity contribution in [2.24, 2.45) is 0 Å². The molecule has 0 amide bonds. The molecular weight excluding hydrogens is 338 g/mol. The lowest BCUT2D eigenvalue weighted by Gasteiger charge is -2.09. The van der Waals surface area contributed by atoms with Crippen LogP contribution in [0.2, 0.25) is 0 Å². The van der Waals surface area contributed by atoms with E-state index >= 15 is 0 Å². The summed E-state index contributed by atoms with van der Waals surface area (Å²) in [5.41, 5.74) is 0. The van der Waals surface area contributed by atoms with E-state index in [0.29, 0.717) is 0 Å². The zero-order valence-electron chi connectivity index (χ0n) is 9.34. The average Bonchev–Trinajstić information content (AvgIpc) is 2.21. The molecule has 1 unspecified atom stereocenters. The summed E-state index contributed by atoms with van der Waals surface area (Å²) in [5.74, 6) is -1.61. The summed E-state index contributed by atoms with van der Waals surface area (Å²) >= 11 is 2.93. The van der Waals surface area contributed by atoms with Gasteiger partial charge in [-0.05, 0) is 0 Å². The Hall–Kier alpha value is -0.190. The van der Waals surface area contributed by atoms with Crippen LogP contribution < -0.4 is 4.72 Å². The molecule has 0 radical (unpaired) electrons. The van der Waals surface area contributed by atoms with Crippen LogP contribution in [0.1, 0.15) is 0 Å². The van der Waals surface area contributed by atoms with Crippen LogP contribution in [-0.2, 0) is 29.4 Å². The van der Waals surface area contributed by atoms with Gasteiger partial charge in [0, 0.05) is 12.8 Å². The second-order valence-electron chi connectivity index (χ2n) is 3.29. The largest absolute Gasteiger partial charge is 0.468 e. The first kappa shape index (κ1) is 16.8. The highest BCUT2D eigenvalue weighted by Gasteiger charge is 2.20. The summed E-state index contributed by atoms with van der Waals surface area (Å²) in [6.07, 6.45) is 0.949. The van der Waals surface area contributed by atoms with Crippen LogP contribution in [0, 0.1) is 0 Å². The Balaban J connectivity index is 4.24. The quantitative estimate of drug-likeness (QED) is 0.460. The lowest BCUT2D eigenvalue weighted by atomic mass is 10.4. The minimum absolute atomic E-state index is 0.196. The highest BCUT2D eigenvalue weighted by molar-refractivity contribution is 9.10. The zero-order chi connectivity index (χ0) is 13.7. The number of methoxy groups -OCH3 is 1. The molecule has 0 saturated heterocycles. The maximum atomic E-state index is 11.3. The highest BCUT2D eigenvalue weighted by atomic mass is 79.9. The molecule has 0 fully saturated rings. The van der Waals surface area contributed by atoms with Crippen LogP contribution in [0.4, 0.5) is 0 Å². The van der Waals surface area contributed by atoms with Crippen molar-refractivity contribution in [3.8, 4) is 0 Å². The fourth-order valence-corrected chi connectivity index (χ4v) is 3.96. The SMILES string of the molecule is COC(=O)C(Br)CNS(=O)(=O)CCS(C)(=O)=O. The van der Waals surface area contributed by atoms with Gasteiger partial charge < -0.3 is 4.74 Å². The second kappa shape index (κ2) is 6.66. The predicted molar refractivity (Wildman–Crippen MR) is 66.2 cm³/mol. The number of alkyl halides is 1. The molecule has 10 heteroatoms. The monoisotopic (exact) mass is 351 g/mol. The molecule has 17 heavy (non-hydrogen) atoms. The van der Waals surface area contributed by atoms with Crippen molar-refractivity contribution in [2.45, 2.75) is 4.83 Å². The molecule has 0 aliphatic rings. The van der Waals surface area contributed by atoms with Gasteiger partial charge in [-0.3, -0.25) is 4.79 Å². The van der Waals surface area contributed by atoms with Crippen LogP contribution in [0.5, 0.6) is 0 Å². The number of hydrogen-bond donors (Lipinski definition) is 1. The van der Waals surface area contributed by atoms with Gasteiger partial charge in [0.2, 0.25) is 10.0 Å². The third-order valence-electron chi connectivity index (χ3n) is 1.66. The van der Waals surface area contributed by atoms with Crippen molar-refractivity contribution in [1.82, 2.24) is 4.72 Å². The van der Waals surface area contributed by atoms with E-state index in [9.17, 15) is 21.6 Å². The van der Waals surface area contributed by atoms with E-state index in [1.165, 1.54) is 7.11 Å². The van der Waals surface area contributed by atoms with Gasteiger partial charge in [0.05, 0.1) is 18.6 Å². The molecule has 0 heterocycles. The van der Waals surface area contributed by atoms with Gasteiger partial charge in [-0.1, -0.05) is 15.9 Å². The normalized spacial score (nSPS) is 14.3. The van der Waals surface area contributed by atoms with Crippen LogP contribution >= 0.6 is 15.9 Å². The summed E-state index contributed by atoms with van der Waals surface area (Å²) < 4.78 is 50.8. The van der Waals surface area contributed by atoms with Crippen LogP contribution in [-0.4, -0.2) is 59.0 Å². The van der Waals surface area contributed by atoms with Crippen molar-refractivity contribution in [3.63, 3.8) is 0 Å². The molecule has 0 aromatic rings. The average molecular weight is 352 g/mol. The minimum Gasteiger partial charge on any atom is -0.468 e. The number of esters is 1. The van der Waals surface area contributed by atoms with Crippen molar-refractivity contribution in [3.05, 3.63) is 0 Å². The Morgan fingerprint density at radius 2 is 1.82 bits per heavy atom. The smallest absolute Gasteiger partial charge is 0.320 e. The lowest BCUT2D eigenvalue weighted by molar-refractivity contribution is -0.139. The molecule has 0 rings (SSSR count). The summed E-state index contributed by atoms with van der Waals surface area (Å²) in [6.45, 7) is -0.196. The first-order chi connectivity index (χ1) is 7.57. The fraction of sp³-hybridized carbons (Fsp3) is 0.857. The first-order valence-corrected chi connectivity index (χ1v) is 9.07. The molecule has 1 N–H and O–H groups in total. The number of carbonyl (C=O) groups excluding carboxylic acids is 1. The van der Waals surface area contributed by atoms with Gasteiger partial charge in [0.1, 0.15) is 14.7 Å². The number of halogens is 1. The third kappa shape index (κ3) is 8.52. The standard InChI is InChI=1S/C7H14BrNO6S2/c1-15-7(10)6(8)5-9-17(13,14)4-3-16(2,11)12/h6,9H,3-5H2,1-2H3. The summed E-state index contributed by atoms with van der Waals surface area (Å²) in [6, 6.07) is 0. The summed E-state index contributed by atoms with van der Waals surface area (Å²) in [7, 11) is -5.88. The second-order valence-corrected chi connectivity index (χ2v) is 8.58. The zero-order valence-corrected chi connectivity index (χ0v) is 12.6. The first-order valence-electron chi connectivity index (χ1n) is 4.44. The Morgan fingerprint density at radius 3 is 2.24 bits per heavy atom. The lowest BCUT2D eigenvalue weighted by Crippen LogP contribution is -2.36. The van der Waals surface area contributed by atoms with Crippen molar-refractivity contribution in [2.75, 3.05) is 31.4 Å². The van der Waals surface area contributed by atoms with E-state index in [1.807, 2.05) is 0 Å². The number of carbonyl (C=O) groups is 1. The molecule has 0 aliphatic carbocycles.